The molecule has 5 rings (SSSR count). The maximum atomic E-state index is 14.2. The fourth-order valence-electron chi connectivity index (χ4n) is 5.81. The van der Waals surface area contributed by atoms with Crippen molar-refractivity contribution in [3.05, 3.63) is 71.8 Å². The van der Waals surface area contributed by atoms with Crippen molar-refractivity contribution in [3.8, 4) is 0 Å². The highest BCUT2D eigenvalue weighted by atomic mass is 16.5. The lowest BCUT2D eigenvalue weighted by Gasteiger charge is -2.42. The standard InChI is InChI=1S/C26H31NO3/c28-25(26(12-15-29-16-13-26)17-20-7-3-1-4-8-20)27-18-22(21-9-5-2-6-10-21)23-19-30-14-11-24(23)27/h1-10,22-24H,11-19H2/t22-,23-,24-/m1/s1. The van der Waals surface area contributed by atoms with Crippen molar-refractivity contribution in [2.75, 3.05) is 33.0 Å². The quantitative estimate of drug-likeness (QED) is 0.770. The Morgan fingerprint density at radius 1 is 0.933 bits per heavy atom. The second-order valence-electron chi connectivity index (χ2n) is 9.12. The number of hydrogen-bond acceptors (Lipinski definition) is 3. The molecule has 3 aliphatic rings. The largest absolute Gasteiger partial charge is 0.381 e. The molecule has 0 bridgehead atoms. The van der Waals surface area contributed by atoms with Gasteiger partial charge in [-0.05, 0) is 36.8 Å². The first-order valence-electron chi connectivity index (χ1n) is 11.3. The van der Waals surface area contributed by atoms with Gasteiger partial charge in [-0.15, -0.1) is 0 Å². The van der Waals surface area contributed by atoms with E-state index >= 15 is 0 Å². The SMILES string of the molecule is O=C(N1C[C@H](c2ccccc2)[C@H]2COCC[C@H]21)C1(Cc2ccccc2)CCOCC1. The van der Waals surface area contributed by atoms with Gasteiger partial charge < -0.3 is 14.4 Å². The number of hydrogen-bond donors (Lipinski definition) is 0. The van der Waals surface area contributed by atoms with Crippen LogP contribution in [0, 0.1) is 11.3 Å². The van der Waals surface area contributed by atoms with Crippen molar-refractivity contribution in [2.45, 2.75) is 37.6 Å². The van der Waals surface area contributed by atoms with Gasteiger partial charge in [-0.2, -0.15) is 0 Å². The molecule has 0 aliphatic carbocycles. The molecule has 0 N–H and O–H groups in total. The van der Waals surface area contributed by atoms with Crippen molar-refractivity contribution in [1.29, 1.82) is 0 Å². The summed E-state index contributed by atoms with van der Waals surface area (Å²) in [5, 5.41) is 0. The molecule has 2 aromatic carbocycles. The van der Waals surface area contributed by atoms with E-state index in [-0.39, 0.29) is 11.5 Å². The Labute approximate surface area is 179 Å². The Morgan fingerprint density at radius 2 is 1.63 bits per heavy atom. The molecule has 3 heterocycles. The molecule has 0 spiro atoms. The van der Waals surface area contributed by atoms with Gasteiger partial charge >= 0.3 is 0 Å². The zero-order valence-electron chi connectivity index (χ0n) is 17.5. The molecule has 30 heavy (non-hydrogen) atoms. The predicted molar refractivity (Wildman–Crippen MR) is 116 cm³/mol. The van der Waals surface area contributed by atoms with Crippen LogP contribution in [0.3, 0.4) is 0 Å². The van der Waals surface area contributed by atoms with Crippen LogP contribution in [0.25, 0.3) is 0 Å². The third-order valence-corrected chi connectivity index (χ3v) is 7.45. The molecule has 3 atom stereocenters. The molecule has 2 aromatic rings. The summed E-state index contributed by atoms with van der Waals surface area (Å²) in [6, 6.07) is 21.5. The molecular formula is C26H31NO3. The van der Waals surface area contributed by atoms with E-state index in [1.54, 1.807) is 0 Å². The van der Waals surface area contributed by atoms with Gasteiger partial charge in [-0.3, -0.25) is 4.79 Å². The molecule has 3 fully saturated rings. The van der Waals surface area contributed by atoms with E-state index in [0.717, 1.165) is 45.4 Å². The van der Waals surface area contributed by atoms with E-state index in [2.05, 4.69) is 59.5 Å². The fourth-order valence-corrected chi connectivity index (χ4v) is 5.81. The normalized spacial score (nSPS) is 28.1. The molecule has 3 saturated heterocycles. The van der Waals surface area contributed by atoms with Crippen LogP contribution in [0.4, 0.5) is 0 Å². The van der Waals surface area contributed by atoms with Gasteiger partial charge in [0.05, 0.1) is 12.0 Å². The highest BCUT2D eigenvalue weighted by Gasteiger charge is 2.51. The van der Waals surface area contributed by atoms with E-state index in [4.69, 9.17) is 9.47 Å². The van der Waals surface area contributed by atoms with E-state index < -0.39 is 0 Å². The second kappa shape index (κ2) is 8.52. The van der Waals surface area contributed by atoms with Gasteiger partial charge in [0.15, 0.2) is 0 Å². The summed E-state index contributed by atoms with van der Waals surface area (Å²) in [5.41, 5.74) is 2.22. The van der Waals surface area contributed by atoms with Crippen LogP contribution in [0.2, 0.25) is 0 Å². The Morgan fingerprint density at radius 3 is 2.37 bits per heavy atom. The Balaban J connectivity index is 1.45. The van der Waals surface area contributed by atoms with Crippen molar-refractivity contribution in [1.82, 2.24) is 4.90 Å². The number of fused-ring (bicyclic) bond motifs is 1. The van der Waals surface area contributed by atoms with E-state index in [0.29, 0.717) is 31.0 Å². The van der Waals surface area contributed by atoms with Crippen molar-refractivity contribution in [2.24, 2.45) is 11.3 Å². The van der Waals surface area contributed by atoms with Crippen LogP contribution >= 0.6 is 0 Å². The first-order chi connectivity index (χ1) is 14.8. The van der Waals surface area contributed by atoms with Gasteiger partial charge in [-0.1, -0.05) is 60.7 Å². The molecule has 0 aromatic heterocycles. The lowest BCUT2D eigenvalue weighted by Crippen LogP contribution is -2.51. The van der Waals surface area contributed by atoms with Gasteiger partial charge in [0.2, 0.25) is 5.91 Å². The molecule has 0 radical (unpaired) electrons. The molecule has 3 aliphatic heterocycles. The first kappa shape index (κ1) is 19.8. The van der Waals surface area contributed by atoms with Crippen LogP contribution in [0.5, 0.6) is 0 Å². The van der Waals surface area contributed by atoms with Gasteiger partial charge in [0.1, 0.15) is 0 Å². The third-order valence-electron chi connectivity index (χ3n) is 7.45. The maximum absolute atomic E-state index is 14.2. The van der Waals surface area contributed by atoms with Crippen LogP contribution in [0.15, 0.2) is 60.7 Å². The second-order valence-corrected chi connectivity index (χ2v) is 9.12. The lowest BCUT2D eigenvalue weighted by atomic mass is 9.73. The summed E-state index contributed by atoms with van der Waals surface area (Å²) in [6.07, 6.45) is 3.36. The Kier molecular flexibility index (Phi) is 5.62. The van der Waals surface area contributed by atoms with Crippen LogP contribution in [-0.2, 0) is 20.7 Å². The molecule has 158 valence electrons. The fraction of sp³-hybridized carbons (Fsp3) is 0.500. The molecule has 0 unspecified atom stereocenters. The average Bonchev–Trinajstić information content (AvgIpc) is 3.20. The summed E-state index contributed by atoms with van der Waals surface area (Å²) in [7, 11) is 0. The number of carbonyl (C=O) groups excluding carboxylic acids is 1. The number of amides is 1. The topological polar surface area (TPSA) is 38.8 Å². The molecule has 0 saturated carbocycles. The molecular weight excluding hydrogens is 374 g/mol. The zero-order chi connectivity index (χ0) is 20.4. The number of rotatable bonds is 4. The van der Waals surface area contributed by atoms with Crippen molar-refractivity contribution in [3.63, 3.8) is 0 Å². The summed E-state index contributed by atoms with van der Waals surface area (Å²) >= 11 is 0. The minimum Gasteiger partial charge on any atom is -0.381 e. The highest BCUT2D eigenvalue weighted by molar-refractivity contribution is 5.84. The summed E-state index contributed by atoms with van der Waals surface area (Å²) in [6.45, 7) is 3.65. The molecule has 1 amide bonds. The van der Waals surface area contributed by atoms with Gasteiger partial charge in [0, 0.05) is 44.2 Å². The monoisotopic (exact) mass is 405 g/mol. The average molecular weight is 406 g/mol. The zero-order valence-corrected chi connectivity index (χ0v) is 17.5. The predicted octanol–water partition coefficient (Wildman–Crippen LogP) is 4.06. The molecule has 4 heteroatoms. The van der Waals surface area contributed by atoms with Gasteiger partial charge in [-0.25, -0.2) is 0 Å². The minimum atomic E-state index is -0.353. The Bertz CT molecular complexity index is 847. The minimum absolute atomic E-state index is 0.284. The summed E-state index contributed by atoms with van der Waals surface area (Å²) in [4.78, 5) is 16.4. The maximum Gasteiger partial charge on any atom is 0.229 e. The first-order valence-corrected chi connectivity index (χ1v) is 11.3. The lowest BCUT2D eigenvalue weighted by molar-refractivity contribution is -0.150. The number of likely N-dealkylation sites (tertiary alicyclic amines) is 1. The number of benzene rings is 2. The smallest absolute Gasteiger partial charge is 0.229 e. The van der Waals surface area contributed by atoms with Crippen LogP contribution in [0.1, 0.15) is 36.3 Å². The van der Waals surface area contributed by atoms with Crippen LogP contribution in [-0.4, -0.2) is 49.8 Å². The highest BCUT2D eigenvalue weighted by Crippen LogP contribution is 2.45. The number of ether oxygens (including phenoxy) is 2. The van der Waals surface area contributed by atoms with Crippen molar-refractivity contribution < 1.29 is 14.3 Å². The van der Waals surface area contributed by atoms with Crippen molar-refractivity contribution >= 4 is 5.91 Å². The summed E-state index contributed by atoms with van der Waals surface area (Å²) < 4.78 is 11.6. The Hall–Kier alpha value is -2.17. The summed E-state index contributed by atoms with van der Waals surface area (Å²) in [5.74, 6) is 1.08. The number of carbonyl (C=O) groups is 1. The molecule has 4 nitrogen and oxygen atoms in total. The number of nitrogens with zero attached hydrogens (tertiary/aromatic N) is 1. The van der Waals surface area contributed by atoms with E-state index in [1.807, 2.05) is 6.07 Å². The van der Waals surface area contributed by atoms with Gasteiger partial charge in [0.25, 0.3) is 0 Å². The van der Waals surface area contributed by atoms with Crippen LogP contribution < -0.4 is 0 Å². The van der Waals surface area contributed by atoms with E-state index in [1.165, 1.54) is 11.1 Å². The van der Waals surface area contributed by atoms with E-state index in [9.17, 15) is 4.79 Å². The third kappa shape index (κ3) is 3.67.